The van der Waals surface area contributed by atoms with Gasteiger partial charge in [0.05, 0.1) is 6.26 Å². The van der Waals surface area contributed by atoms with Crippen molar-refractivity contribution in [2.75, 3.05) is 11.9 Å². The maximum atomic E-state index is 12.9. The monoisotopic (exact) mass is 402 g/mol. The Morgan fingerprint density at radius 2 is 1.93 bits per heavy atom. The molecule has 0 aliphatic rings. The van der Waals surface area contributed by atoms with Crippen LogP contribution in [0.5, 0.6) is 5.75 Å². The van der Waals surface area contributed by atoms with Crippen LogP contribution in [0.4, 0.5) is 5.69 Å². The molecule has 0 saturated carbocycles. The second kappa shape index (κ2) is 9.93. The van der Waals surface area contributed by atoms with Crippen molar-refractivity contribution in [2.45, 2.75) is 6.92 Å². The van der Waals surface area contributed by atoms with E-state index in [0.717, 1.165) is 5.56 Å². The molecule has 0 saturated heterocycles. The highest BCUT2D eigenvalue weighted by Crippen LogP contribution is 2.18. The van der Waals surface area contributed by atoms with Gasteiger partial charge in [-0.2, -0.15) is 0 Å². The van der Waals surface area contributed by atoms with E-state index in [2.05, 4.69) is 17.2 Å². The van der Waals surface area contributed by atoms with E-state index >= 15 is 0 Å². The molecular weight excluding hydrogens is 380 g/mol. The summed E-state index contributed by atoms with van der Waals surface area (Å²) in [6, 6.07) is 17.5. The molecule has 0 unspecified atom stereocenters. The molecule has 2 N–H and O–H groups in total. The average Bonchev–Trinajstić information content (AvgIpc) is 3.25. The maximum Gasteiger partial charge on any atom is 0.272 e. The minimum absolute atomic E-state index is 0.0499. The molecule has 30 heavy (non-hydrogen) atoms. The lowest BCUT2D eigenvalue weighted by Gasteiger charge is -2.12. The van der Waals surface area contributed by atoms with Crippen LogP contribution >= 0.6 is 0 Å². The third-order valence-corrected chi connectivity index (χ3v) is 4.06. The van der Waals surface area contributed by atoms with Gasteiger partial charge in [-0.15, -0.1) is 0 Å². The summed E-state index contributed by atoms with van der Waals surface area (Å²) < 4.78 is 10.8. The smallest absolute Gasteiger partial charge is 0.272 e. The van der Waals surface area contributed by atoms with E-state index in [0.29, 0.717) is 29.4 Å². The first-order valence-electron chi connectivity index (χ1n) is 9.33. The van der Waals surface area contributed by atoms with Crippen LogP contribution in [-0.2, 0) is 4.79 Å². The molecule has 0 radical (unpaired) electrons. The predicted molar refractivity (Wildman–Crippen MR) is 116 cm³/mol. The van der Waals surface area contributed by atoms with E-state index in [1.165, 1.54) is 12.3 Å². The summed E-state index contributed by atoms with van der Waals surface area (Å²) in [7, 11) is 0. The zero-order valence-corrected chi connectivity index (χ0v) is 16.6. The number of aryl methyl sites for hydroxylation is 1. The Morgan fingerprint density at radius 3 is 2.67 bits per heavy atom. The van der Waals surface area contributed by atoms with Gasteiger partial charge in [-0.3, -0.25) is 9.59 Å². The Balaban J connectivity index is 1.81. The molecule has 0 aliphatic heterocycles. The molecule has 3 rings (SSSR count). The van der Waals surface area contributed by atoms with Crippen LogP contribution in [0.25, 0.3) is 6.08 Å². The first kappa shape index (κ1) is 20.7. The number of amides is 2. The van der Waals surface area contributed by atoms with Gasteiger partial charge in [0.2, 0.25) is 0 Å². The van der Waals surface area contributed by atoms with Gasteiger partial charge in [0.1, 0.15) is 23.8 Å². The van der Waals surface area contributed by atoms with Crippen LogP contribution in [-0.4, -0.2) is 18.4 Å². The van der Waals surface area contributed by atoms with E-state index in [1.54, 1.807) is 60.7 Å². The Kier molecular flexibility index (Phi) is 6.84. The van der Waals surface area contributed by atoms with Crippen LogP contribution in [0.2, 0.25) is 0 Å². The van der Waals surface area contributed by atoms with Crippen LogP contribution in [0, 0.1) is 6.92 Å². The summed E-state index contributed by atoms with van der Waals surface area (Å²) in [5, 5.41) is 5.44. The number of rotatable bonds is 8. The van der Waals surface area contributed by atoms with E-state index in [9.17, 15) is 9.59 Å². The fourth-order valence-corrected chi connectivity index (χ4v) is 2.67. The summed E-state index contributed by atoms with van der Waals surface area (Å²) in [6.45, 7) is 5.86. The molecule has 6 nitrogen and oxygen atoms in total. The Bertz CT molecular complexity index is 1070. The molecule has 1 heterocycles. The normalized spacial score (nSPS) is 10.9. The Hall–Kier alpha value is -4.06. The molecule has 1 aromatic heterocycles. The summed E-state index contributed by atoms with van der Waals surface area (Å²) >= 11 is 0. The van der Waals surface area contributed by atoms with Crippen molar-refractivity contribution in [3.8, 4) is 5.75 Å². The van der Waals surface area contributed by atoms with E-state index in [-0.39, 0.29) is 5.70 Å². The van der Waals surface area contributed by atoms with Gasteiger partial charge in [-0.05, 0) is 43.3 Å². The van der Waals surface area contributed by atoms with Crippen molar-refractivity contribution in [3.63, 3.8) is 0 Å². The van der Waals surface area contributed by atoms with Crippen molar-refractivity contribution in [3.05, 3.63) is 102 Å². The van der Waals surface area contributed by atoms with Crippen LogP contribution in [0.1, 0.15) is 21.7 Å². The van der Waals surface area contributed by atoms with Crippen LogP contribution in [0.15, 0.2) is 89.7 Å². The van der Waals surface area contributed by atoms with Gasteiger partial charge in [-0.1, -0.05) is 36.4 Å². The highest BCUT2D eigenvalue weighted by Gasteiger charge is 2.16. The number of ether oxygens (including phenoxy) is 1. The fourth-order valence-electron chi connectivity index (χ4n) is 2.67. The average molecular weight is 402 g/mol. The number of carbonyl (C=O) groups is 2. The highest BCUT2D eigenvalue weighted by atomic mass is 16.5. The number of hydrogen-bond acceptors (Lipinski definition) is 4. The summed E-state index contributed by atoms with van der Waals surface area (Å²) in [5.74, 6) is 0.142. The molecule has 0 fully saturated rings. The summed E-state index contributed by atoms with van der Waals surface area (Å²) in [6.07, 6.45) is 4.60. The second-order valence-electron chi connectivity index (χ2n) is 6.48. The third kappa shape index (κ3) is 5.72. The highest BCUT2D eigenvalue weighted by molar-refractivity contribution is 6.10. The quantitative estimate of drug-likeness (QED) is 0.427. The number of furan rings is 1. The molecule has 2 amide bonds. The molecule has 2 aromatic carbocycles. The number of anilines is 1. The van der Waals surface area contributed by atoms with Crippen LogP contribution in [0.3, 0.4) is 0 Å². The Labute approximate surface area is 174 Å². The number of carbonyl (C=O) groups excluding carboxylic acids is 2. The maximum absolute atomic E-state index is 12.9. The van der Waals surface area contributed by atoms with Crippen molar-refractivity contribution < 1.29 is 18.7 Å². The zero-order valence-electron chi connectivity index (χ0n) is 16.6. The SMILES string of the molecule is C=CCOc1cccc(NC(=O)/C(=C/c2ccco2)NC(=O)c2cccc(C)c2)c1. The lowest BCUT2D eigenvalue weighted by atomic mass is 10.1. The van der Waals surface area contributed by atoms with Gasteiger partial charge < -0.3 is 19.8 Å². The lowest BCUT2D eigenvalue weighted by molar-refractivity contribution is -0.113. The molecule has 3 aromatic rings. The Morgan fingerprint density at radius 1 is 1.10 bits per heavy atom. The van der Waals surface area contributed by atoms with E-state index in [1.807, 2.05) is 13.0 Å². The first-order valence-corrected chi connectivity index (χ1v) is 9.33. The molecule has 0 aliphatic carbocycles. The minimum Gasteiger partial charge on any atom is -0.489 e. The largest absolute Gasteiger partial charge is 0.489 e. The zero-order chi connectivity index (χ0) is 21.3. The van der Waals surface area contributed by atoms with Crippen molar-refractivity contribution in [1.82, 2.24) is 5.32 Å². The summed E-state index contributed by atoms with van der Waals surface area (Å²) in [5.41, 5.74) is 1.97. The van der Waals surface area contributed by atoms with E-state index in [4.69, 9.17) is 9.15 Å². The number of nitrogens with one attached hydrogen (secondary N) is 2. The topological polar surface area (TPSA) is 80.6 Å². The van der Waals surface area contributed by atoms with Crippen molar-refractivity contribution in [1.29, 1.82) is 0 Å². The fraction of sp³-hybridized carbons (Fsp3) is 0.0833. The molecule has 152 valence electrons. The molecular formula is C24H22N2O4. The molecule has 0 atom stereocenters. The summed E-state index contributed by atoms with van der Waals surface area (Å²) in [4.78, 5) is 25.6. The van der Waals surface area contributed by atoms with Gasteiger partial charge >= 0.3 is 0 Å². The minimum atomic E-state index is -0.492. The first-order chi connectivity index (χ1) is 14.5. The predicted octanol–water partition coefficient (Wildman–Crippen LogP) is 4.56. The van der Waals surface area contributed by atoms with Crippen molar-refractivity contribution in [2.24, 2.45) is 0 Å². The van der Waals surface area contributed by atoms with Gasteiger partial charge in [-0.25, -0.2) is 0 Å². The van der Waals surface area contributed by atoms with Gasteiger partial charge in [0.25, 0.3) is 11.8 Å². The lowest BCUT2D eigenvalue weighted by Crippen LogP contribution is -2.30. The van der Waals surface area contributed by atoms with Gasteiger partial charge in [0.15, 0.2) is 0 Å². The number of hydrogen-bond donors (Lipinski definition) is 2. The molecule has 0 bridgehead atoms. The van der Waals surface area contributed by atoms with Crippen LogP contribution < -0.4 is 15.4 Å². The van der Waals surface area contributed by atoms with E-state index < -0.39 is 11.8 Å². The molecule has 0 spiro atoms. The van der Waals surface area contributed by atoms with Gasteiger partial charge in [0, 0.05) is 23.4 Å². The van der Waals surface area contributed by atoms with Crippen molar-refractivity contribution >= 4 is 23.6 Å². The third-order valence-electron chi connectivity index (χ3n) is 4.06. The standard InChI is InChI=1S/C24H22N2O4/c1-3-12-29-20-10-5-9-19(15-20)25-24(28)22(16-21-11-6-13-30-21)26-23(27)18-8-4-7-17(2)14-18/h3-11,13-16H,1,12H2,2H3,(H,25,28)(H,26,27)/b22-16-. The molecule has 6 heteroatoms. The number of benzene rings is 2. The second-order valence-corrected chi connectivity index (χ2v) is 6.48.